The summed E-state index contributed by atoms with van der Waals surface area (Å²) in [6.07, 6.45) is 3.40. The van der Waals surface area contributed by atoms with Gasteiger partial charge in [-0.25, -0.2) is 9.78 Å². The summed E-state index contributed by atoms with van der Waals surface area (Å²) in [7, 11) is 0. The van der Waals surface area contributed by atoms with Crippen molar-refractivity contribution in [2.75, 3.05) is 0 Å². The summed E-state index contributed by atoms with van der Waals surface area (Å²) in [5.41, 5.74) is 1.01. The van der Waals surface area contributed by atoms with Crippen LogP contribution in [0, 0.1) is 0 Å². The number of aromatic carboxylic acids is 1. The van der Waals surface area contributed by atoms with Crippen LogP contribution in [0.5, 0.6) is 0 Å². The SMILES string of the molecule is O=Cc1cnc2ccc(C(=O)O)cn12. The molecule has 0 unspecified atom stereocenters. The summed E-state index contributed by atoms with van der Waals surface area (Å²) < 4.78 is 1.44. The molecule has 5 heteroatoms. The normalized spacial score (nSPS) is 10.3. The van der Waals surface area contributed by atoms with Crippen molar-refractivity contribution in [2.24, 2.45) is 0 Å². The van der Waals surface area contributed by atoms with E-state index in [1.807, 2.05) is 0 Å². The molecule has 2 rings (SSSR count). The highest BCUT2D eigenvalue weighted by Crippen LogP contribution is 2.07. The number of nitrogens with zero attached hydrogens (tertiary/aromatic N) is 2. The summed E-state index contributed by atoms with van der Waals surface area (Å²) in [6.45, 7) is 0. The first kappa shape index (κ1) is 8.43. The van der Waals surface area contributed by atoms with E-state index in [1.54, 1.807) is 6.07 Å². The summed E-state index contributed by atoms with van der Waals surface area (Å²) in [6, 6.07) is 3.00. The van der Waals surface area contributed by atoms with Gasteiger partial charge in [-0.15, -0.1) is 0 Å². The molecule has 14 heavy (non-hydrogen) atoms. The summed E-state index contributed by atoms with van der Waals surface area (Å²) in [5.74, 6) is -1.03. The van der Waals surface area contributed by atoms with Gasteiger partial charge in [0, 0.05) is 6.20 Å². The first-order valence-corrected chi connectivity index (χ1v) is 3.88. The number of carbonyl (C=O) groups excluding carboxylic acids is 1. The lowest BCUT2D eigenvalue weighted by atomic mass is 10.3. The number of pyridine rings is 1. The molecule has 0 amide bonds. The van der Waals surface area contributed by atoms with Gasteiger partial charge in [0.05, 0.1) is 11.8 Å². The molecule has 0 spiro atoms. The van der Waals surface area contributed by atoms with Crippen LogP contribution in [-0.4, -0.2) is 26.7 Å². The van der Waals surface area contributed by atoms with Crippen molar-refractivity contribution >= 4 is 17.9 Å². The van der Waals surface area contributed by atoms with Crippen LogP contribution in [0.15, 0.2) is 24.5 Å². The Labute approximate surface area is 78.6 Å². The Hall–Kier alpha value is -2.17. The predicted octanol–water partition coefficient (Wildman–Crippen LogP) is 0.845. The molecule has 0 atom stereocenters. The van der Waals surface area contributed by atoms with E-state index in [1.165, 1.54) is 22.9 Å². The average Bonchev–Trinajstić information content (AvgIpc) is 2.59. The number of rotatable bonds is 2. The highest BCUT2D eigenvalue weighted by Gasteiger charge is 2.06. The van der Waals surface area contributed by atoms with Crippen LogP contribution in [-0.2, 0) is 0 Å². The molecular formula is C9H6N2O3. The molecule has 0 aromatic carbocycles. The van der Waals surface area contributed by atoms with Gasteiger partial charge in [0.25, 0.3) is 0 Å². The molecule has 0 aliphatic carbocycles. The van der Waals surface area contributed by atoms with Crippen LogP contribution in [0.1, 0.15) is 20.8 Å². The van der Waals surface area contributed by atoms with Gasteiger partial charge in [0.2, 0.25) is 0 Å². The van der Waals surface area contributed by atoms with Crippen LogP contribution in [0.4, 0.5) is 0 Å². The second kappa shape index (κ2) is 2.95. The largest absolute Gasteiger partial charge is 0.478 e. The zero-order chi connectivity index (χ0) is 10.1. The van der Waals surface area contributed by atoms with Crippen molar-refractivity contribution < 1.29 is 14.7 Å². The molecule has 0 bridgehead atoms. The van der Waals surface area contributed by atoms with Crippen molar-refractivity contribution in [1.82, 2.24) is 9.38 Å². The number of carboxylic acid groups (broad SMARTS) is 1. The van der Waals surface area contributed by atoms with E-state index < -0.39 is 5.97 Å². The molecule has 2 heterocycles. The summed E-state index contributed by atoms with van der Waals surface area (Å²) in [5, 5.41) is 8.72. The van der Waals surface area contributed by atoms with Crippen LogP contribution in [0.3, 0.4) is 0 Å². The van der Waals surface area contributed by atoms with E-state index in [2.05, 4.69) is 4.98 Å². The van der Waals surface area contributed by atoms with Gasteiger partial charge in [0.15, 0.2) is 6.29 Å². The topological polar surface area (TPSA) is 71.7 Å². The lowest BCUT2D eigenvalue weighted by Crippen LogP contribution is -2.00. The third-order valence-corrected chi connectivity index (χ3v) is 1.90. The standard InChI is InChI=1S/C9H6N2O3/c12-5-7-3-10-8-2-1-6(9(13)14)4-11(7)8/h1-5H,(H,13,14). The molecule has 0 radical (unpaired) electrons. The number of aromatic nitrogens is 2. The zero-order valence-corrected chi connectivity index (χ0v) is 7.04. The van der Waals surface area contributed by atoms with Gasteiger partial charge >= 0.3 is 5.97 Å². The second-order valence-corrected chi connectivity index (χ2v) is 2.75. The first-order chi connectivity index (χ1) is 6.72. The smallest absolute Gasteiger partial charge is 0.337 e. The van der Waals surface area contributed by atoms with Gasteiger partial charge in [0.1, 0.15) is 11.3 Å². The first-order valence-electron chi connectivity index (χ1n) is 3.88. The van der Waals surface area contributed by atoms with Gasteiger partial charge in [-0.2, -0.15) is 0 Å². The molecule has 0 saturated carbocycles. The summed E-state index contributed by atoms with van der Waals surface area (Å²) >= 11 is 0. The van der Waals surface area contributed by atoms with E-state index in [-0.39, 0.29) is 5.56 Å². The lowest BCUT2D eigenvalue weighted by molar-refractivity contribution is 0.0696. The fourth-order valence-electron chi connectivity index (χ4n) is 1.21. The van der Waals surface area contributed by atoms with Crippen LogP contribution in [0.2, 0.25) is 0 Å². The van der Waals surface area contributed by atoms with Crippen LogP contribution >= 0.6 is 0 Å². The van der Waals surface area contributed by atoms with Gasteiger partial charge < -0.3 is 5.11 Å². The van der Waals surface area contributed by atoms with Crippen molar-refractivity contribution in [3.05, 3.63) is 35.8 Å². The highest BCUT2D eigenvalue weighted by molar-refractivity contribution is 5.88. The van der Waals surface area contributed by atoms with Gasteiger partial charge in [-0.05, 0) is 12.1 Å². The molecule has 70 valence electrons. The van der Waals surface area contributed by atoms with Gasteiger partial charge in [-0.1, -0.05) is 0 Å². The van der Waals surface area contributed by atoms with E-state index in [9.17, 15) is 9.59 Å². The van der Waals surface area contributed by atoms with Crippen LogP contribution in [0.25, 0.3) is 5.65 Å². The van der Waals surface area contributed by atoms with Crippen LogP contribution < -0.4 is 0 Å². The van der Waals surface area contributed by atoms with E-state index in [4.69, 9.17) is 5.11 Å². The Kier molecular flexibility index (Phi) is 1.78. The Morgan fingerprint density at radius 3 is 2.93 bits per heavy atom. The third kappa shape index (κ3) is 1.15. The van der Waals surface area contributed by atoms with Crippen molar-refractivity contribution in [2.45, 2.75) is 0 Å². The molecule has 0 fully saturated rings. The van der Waals surface area contributed by atoms with Crippen molar-refractivity contribution in [3.63, 3.8) is 0 Å². The molecule has 5 nitrogen and oxygen atoms in total. The molecule has 2 aromatic heterocycles. The van der Waals surface area contributed by atoms with Crippen molar-refractivity contribution in [1.29, 1.82) is 0 Å². The maximum atomic E-state index is 10.6. The monoisotopic (exact) mass is 190 g/mol. The number of carboxylic acids is 1. The Bertz CT molecular complexity index is 516. The number of imidazole rings is 1. The molecule has 2 aromatic rings. The molecule has 0 aliphatic heterocycles. The highest BCUT2D eigenvalue weighted by atomic mass is 16.4. The van der Waals surface area contributed by atoms with Crippen molar-refractivity contribution in [3.8, 4) is 0 Å². The minimum absolute atomic E-state index is 0.124. The maximum Gasteiger partial charge on any atom is 0.337 e. The van der Waals surface area contributed by atoms with E-state index >= 15 is 0 Å². The molecular weight excluding hydrogens is 184 g/mol. The summed E-state index contributed by atoms with van der Waals surface area (Å²) in [4.78, 5) is 25.1. The zero-order valence-electron chi connectivity index (χ0n) is 7.04. The molecule has 0 aliphatic rings. The Balaban J connectivity index is 2.73. The number of carbonyl (C=O) groups is 2. The maximum absolute atomic E-state index is 10.6. The third-order valence-electron chi connectivity index (χ3n) is 1.90. The molecule has 0 saturated heterocycles. The lowest BCUT2D eigenvalue weighted by Gasteiger charge is -1.97. The number of fused-ring (bicyclic) bond motifs is 1. The fourth-order valence-corrected chi connectivity index (χ4v) is 1.21. The number of hydrogen-bond acceptors (Lipinski definition) is 3. The minimum Gasteiger partial charge on any atom is -0.478 e. The van der Waals surface area contributed by atoms with E-state index in [0.717, 1.165) is 0 Å². The Morgan fingerprint density at radius 1 is 1.50 bits per heavy atom. The van der Waals surface area contributed by atoms with Gasteiger partial charge in [-0.3, -0.25) is 9.20 Å². The quantitative estimate of drug-likeness (QED) is 0.712. The number of aldehydes is 1. The van der Waals surface area contributed by atoms with E-state index in [0.29, 0.717) is 17.6 Å². The minimum atomic E-state index is -1.03. The second-order valence-electron chi connectivity index (χ2n) is 2.75. The fraction of sp³-hybridized carbons (Fsp3) is 0. The predicted molar refractivity (Wildman–Crippen MR) is 47.5 cm³/mol. The Morgan fingerprint density at radius 2 is 2.29 bits per heavy atom. The number of hydrogen-bond donors (Lipinski definition) is 1. The average molecular weight is 190 g/mol. The molecule has 1 N–H and O–H groups in total.